The summed E-state index contributed by atoms with van der Waals surface area (Å²) in [6.45, 7) is 2.99. The minimum atomic E-state index is -0.712. The van der Waals surface area contributed by atoms with E-state index in [4.69, 9.17) is 5.11 Å². The number of nitrogens with zero attached hydrogens (tertiary/aromatic N) is 4. The number of aryl methyl sites for hydroxylation is 1. The molecule has 0 aliphatic carbocycles. The van der Waals surface area contributed by atoms with Crippen molar-refractivity contribution in [3.05, 3.63) is 11.6 Å². The van der Waals surface area contributed by atoms with Crippen molar-refractivity contribution in [2.75, 3.05) is 20.1 Å². The highest BCUT2D eigenvalue weighted by molar-refractivity contribution is 5.70. The number of aromatic nitrogens is 3. The lowest BCUT2D eigenvalue weighted by molar-refractivity contribution is -0.142. The molecule has 0 saturated carbocycles. The van der Waals surface area contributed by atoms with Crippen LogP contribution in [-0.4, -0.2) is 50.9 Å². The van der Waals surface area contributed by atoms with Crippen LogP contribution < -0.4 is 0 Å². The first-order valence-electron chi connectivity index (χ1n) is 7.46. The van der Waals surface area contributed by atoms with Gasteiger partial charge >= 0.3 is 5.97 Å². The predicted molar refractivity (Wildman–Crippen MR) is 73.4 cm³/mol. The summed E-state index contributed by atoms with van der Waals surface area (Å²) in [5.74, 6) is 1.43. The molecule has 1 unspecified atom stereocenters. The Hall–Kier alpha value is -1.43. The molecule has 1 aromatic heterocycles. The second-order valence-corrected chi connectivity index (χ2v) is 6.15. The van der Waals surface area contributed by atoms with Gasteiger partial charge in [0.2, 0.25) is 0 Å². The van der Waals surface area contributed by atoms with Crippen LogP contribution in [-0.2, 0) is 24.2 Å². The van der Waals surface area contributed by atoms with Crippen LogP contribution in [0.25, 0.3) is 0 Å². The number of aliphatic carboxylic acids is 1. The molecule has 0 spiro atoms. The van der Waals surface area contributed by atoms with Gasteiger partial charge in [-0.2, -0.15) is 5.10 Å². The van der Waals surface area contributed by atoms with Crippen molar-refractivity contribution >= 4 is 5.97 Å². The second-order valence-electron chi connectivity index (χ2n) is 6.15. The molecule has 0 amide bonds. The smallest absolute Gasteiger partial charge is 0.307 e. The molecule has 1 N–H and O–H groups in total. The Morgan fingerprint density at radius 1 is 1.30 bits per heavy atom. The first-order valence-corrected chi connectivity index (χ1v) is 7.46. The van der Waals surface area contributed by atoms with E-state index < -0.39 is 5.97 Å². The Morgan fingerprint density at radius 3 is 2.75 bits per heavy atom. The molecule has 20 heavy (non-hydrogen) atoms. The predicted octanol–water partition coefficient (Wildman–Crippen LogP) is 0.809. The summed E-state index contributed by atoms with van der Waals surface area (Å²) < 4.78 is 1.91. The minimum absolute atomic E-state index is 0.289. The van der Waals surface area contributed by atoms with E-state index in [9.17, 15) is 4.79 Å². The zero-order valence-electron chi connectivity index (χ0n) is 12.0. The molecule has 0 bridgehead atoms. The van der Waals surface area contributed by atoms with Crippen LogP contribution in [0.1, 0.15) is 30.9 Å². The molecular weight excluding hydrogens is 256 g/mol. The van der Waals surface area contributed by atoms with E-state index >= 15 is 0 Å². The van der Waals surface area contributed by atoms with Gasteiger partial charge in [0.15, 0.2) is 5.82 Å². The minimum Gasteiger partial charge on any atom is -0.481 e. The van der Waals surface area contributed by atoms with Crippen LogP contribution in [0, 0.1) is 11.8 Å². The lowest BCUT2D eigenvalue weighted by Crippen LogP contribution is -2.31. The average molecular weight is 278 g/mol. The lowest BCUT2D eigenvalue weighted by atomic mass is 9.93. The number of hydrogen-bond acceptors (Lipinski definition) is 4. The van der Waals surface area contributed by atoms with E-state index in [2.05, 4.69) is 22.0 Å². The number of carboxylic acids is 1. The van der Waals surface area contributed by atoms with Crippen molar-refractivity contribution in [3.63, 3.8) is 0 Å². The van der Waals surface area contributed by atoms with Gasteiger partial charge in [0.05, 0.1) is 5.92 Å². The molecule has 2 aliphatic rings. The van der Waals surface area contributed by atoms with Gasteiger partial charge in [0, 0.05) is 19.4 Å². The van der Waals surface area contributed by atoms with Gasteiger partial charge < -0.3 is 10.0 Å². The zero-order valence-corrected chi connectivity index (χ0v) is 12.0. The average Bonchev–Trinajstić information content (AvgIpc) is 2.82. The molecule has 1 saturated heterocycles. The highest BCUT2D eigenvalue weighted by Gasteiger charge is 2.27. The third-order valence-electron chi connectivity index (χ3n) is 4.57. The van der Waals surface area contributed by atoms with E-state index in [0.29, 0.717) is 25.3 Å². The highest BCUT2D eigenvalue weighted by Crippen LogP contribution is 2.22. The van der Waals surface area contributed by atoms with E-state index in [0.717, 1.165) is 31.2 Å². The molecule has 110 valence electrons. The first-order chi connectivity index (χ1) is 9.61. The van der Waals surface area contributed by atoms with Crippen molar-refractivity contribution in [1.29, 1.82) is 0 Å². The Bertz CT molecular complexity index is 491. The number of fused-ring (bicyclic) bond motifs is 1. The summed E-state index contributed by atoms with van der Waals surface area (Å²) in [5.41, 5.74) is 0. The van der Waals surface area contributed by atoms with Crippen molar-refractivity contribution < 1.29 is 9.90 Å². The fourth-order valence-electron chi connectivity index (χ4n) is 3.18. The van der Waals surface area contributed by atoms with E-state index in [1.54, 1.807) is 0 Å². The molecule has 0 radical (unpaired) electrons. The molecule has 1 fully saturated rings. The van der Waals surface area contributed by atoms with Gasteiger partial charge in [-0.25, -0.2) is 9.67 Å². The number of carboxylic acid groups (broad SMARTS) is 1. The van der Waals surface area contributed by atoms with Crippen molar-refractivity contribution in [3.8, 4) is 0 Å². The van der Waals surface area contributed by atoms with Crippen LogP contribution in [0.2, 0.25) is 0 Å². The van der Waals surface area contributed by atoms with Gasteiger partial charge in [-0.1, -0.05) is 0 Å². The van der Waals surface area contributed by atoms with Crippen LogP contribution in [0.4, 0.5) is 0 Å². The maximum atomic E-state index is 11.1. The number of piperidine rings is 1. The summed E-state index contributed by atoms with van der Waals surface area (Å²) in [5, 5.41) is 13.7. The molecule has 1 atom stereocenters. The topological polar surface area (TPSA) is 71.2 Å². The lowest BCUT2D eigenvalue weighted by Gasteiger charge is -2.28. The van der Waals surface area contributed by atoms with Crippen molar-refractivity contribution in [2.24, 2.45) is 11.8 Å². The van der Waals surface area contributed by atoms with E-state index in [1.165, 1.54) is 12.8 Å². The summed E-state index contributed by atoms with van der Waals surface area (Å²) >= 11 is 0. The zero-order chi connectivity index (χ0) is 14.1. The molecule has 1 aromatic rings. The third-order valence-corrected chi connectivity index (χ3v) is 4.57. The molecule has 6 nitrogen and oxygen atoms in total. The number of rotatable bonds is 3. The molecule has 6 heteroatoms. The second kappa shape index (κ2) is 5.52. The molecule has 2 aliphatic heterocycles. The van der Waals surface area contributed by atoms with Gasteiger partial charge in [-0.05, 0) is 45.3 Å². The first kappa shape index (κ1) is 13.5. The summed E-state index contributed by atoms with van der Waals surface area (Å²) in [4.78, 5) is 18.0. The fourth-order valence-corrected chi connectivity index (χ4v) is 3.18. The number of carbonyl (C=O) groups is 1. The number of likely N-dealkylation sites (tertiary alicyclic amines) is 1. The Morgan fingerprint density at radius 2 is 2.05 bits per heavy atom. The normalized spacial score (nSPS) is 24.6. The van der Waals surface area contributed by atoms with E-state index in [-0.39, 0.29) is 5.92 Å². The largest absolute Gasteiger partial charge is 0.481 e. The van der Waals surface area contributed by atoms with Crippen molar-refractivity contribution in [2.45, 2.75) is 38.6 Å². The Balaban J connectivity index is 1.63. The highest BCUT2D eigenvalue weighted by atomic mass is 16.4. The summed E-state index contributed by atoms with van der Waals surface area (Å²) in [6, 6.07) is 0. The third kappa shape index (κ3) is 2.85. The number of hydrogen-bond donors (Lipinski definition) is 1. The Kier molecular flexibility index (Phi) is 3.74. The van der Waals surface area contributed by atoms with E-state index in [1.807, 2.05) is 4.68 Å². The molecule has 3 heterocycles. The standard InChI is InChI=1S/C14H22N4O2/c1-17-5-2-10(3-6-17)8-12-15-13-9-11(14(19)20)4-7-18(13)16-12/h10-11H,2-9H2,1H3,(H,19,20). The van der Waals surface area contributed by atoms with Crippen molar-refractivity contribution in [1.82, 2.24) is 19.7 Å². The SMILES string of the molecule is CN1CCC(Cc2nc3n(n2)CCC(C(=O)O)C3)CC1. The van der Waals surface area contributed by atoms with Crippen LogP contribution in [0.15, 0.2) is 0 Å². The molecule has 0 aromatic carbocycles. The quantitative estimate of drug-likeness (QED) is 0.886. The van der Waals surface area contributed by atoms with Gasteiger partial charge in [0.25, 0.3) is 0 Å². The summed E-state index contributed by atoms with van der Waals surface area (Å²) in [7, 11) is 2.16. The monoisotopic (exact) mass is 278 g/mol. The van der Waals surface area contributed by atoms with Gasteiger partial charge in [0.1, 0.15) is 5.82 Å². The maximum Gasteiger partial charge on any atom is 0.307 e. The fraction of sp³-hybridized carbons (Fsp3) is 0.786. The maximum absolute atomic E-state index is 11.1. The molecule has 3 rings (SSSR count). The van der Waals surface area contributed by atoms with Gasteiger partial charge in [-0.15, -0.1) is 0 Å². The van der Waals surface area contributed by atoms with Crippen LogP contribution >= 0.6 is 0 Å². The Labute approximate surface area is 118 Å². The van der Waals surface area contributed by atoms with Gasteiger partial charge in [-0.3, -0.25) is 4.79 Å². The summed E-state index contributed by atoms with van der Waals surface area (Å²) in [6.07, 6.45) is 4.54. The van der Waals surface area contributed by atoms with Crippen LogP contribution in [0.5, 0.6) is 0 Å². The van der Waals surface area contributed by atoms with Crippen LogP contribution in [0.3, 0.4) is 0 Å². The molecular formula is C14H22N4O2.